The summed E-state index contributed by atoms with van der Waals surface area (Å²) >= 11 is 5.23. The van der Waals surface area contributed by atoms with Crippen molar-refractivity contribution in [2.75, 3.05) is 25.2 Å². The van der Waals surface area contributed by atoms with Gasteiger partial charge in [0.2, 0.25) is 0 Å². The lowest BCUT2D eigenvalue weighted by atomic mass is 10.3. The molecule has 0 aliphatic carbocycles. The maximum absolute atomic E-state index is 5.15. The van der Waals surface area contributed by atoms with Gasteiger partial charge in [0.25, 0.3) is 0 Å². The Balaban J connectivity index is 2.99. The number of hydrogen-bond donors (Lipinski definition) is 1. The third-order valence-corrected chi connectivity index (χ3v) is 3.44. The Morgan fingerprint density at radius 1 is 1.41 bits per heavy atom. The predicted molar refractivity (Wildman–Crippen MR) is 76.4 cm³/mol. The van der Waals surface area contributed by atoms with E-state index in [4.69, 9.17) is 4.74 Å². The molecule has 0 fully saturated rings. The summed E-state index contributed by atoms with van der Waals surface area (Å²) in [6.07, 6.45) is 3.11. The Labute approximate surface area is 115 Å². The molecule has 17 heavy (non-hydrogen) atoms. The van der Waals surface area contributed by atoms with Gasteiger partial charge < -0.3 is 10.1 Å². The summed E-state index contributed by atoms with van der Waals surface area (Å²) < 4.78 is 6.05. The van der Waals surface area contributed by atoms with Crippen molar-refractivity contribution in [3.8, 4) is 0 Å². The van der Waals surface area contributed by atoms with E-state index in [0.717, 1.165) is 40.5 Å². The molecule has 1 aromatic heterocycles. The average Bonchev–Trinajstić information content (AvgIpc) is 2.32. The van der Waals surface area contributed by atoms with Crippen LogP contribution in [0.15, 0.2) is 4.47 Å². The molecule has 0 atom stereocenters. The topological polar surface area (TPSA) is 47.0 Å². The van der Waals surface area contributed by atoms with E-state index in [1.54, 1.807) is 18.9 Å². The standard InChI is InChI=1S/C11H18BrN3OS/c1-4-5-13-11-10(12)8(6-16-2)14-9(15-11)7-17-3/h4-7H2,1-3H3,(H,13,14,15). The zero-order valence-electron chi connectivity index (χ0n) is 10.4. The molecule has 1 rings (SSSR count). The molecule has 1 N–H and O–H groups in total. The third kappa shape index (κ3) is 4.44. The first-order chi connectivity index (χ1) is 8.22. The van der Waals surface area contributed by atoms with E-state index in [0.29, 0.717) is 6.61 Å². The van der Waals surface area contributed by atoms with Crippen LogP contribution in [0.5, 0.6) is 0 Å². The first-order valence-corrected chi connectivity index (χ1v) is 7.68. The zero-order chi connectivity index (χ0) is 12.7. The number of aromatic nitrogens is 2. The van der Waals surface area contributed by atoms with Gasteiger partial charge in [0.1, 0.15) is 11.6 Å². The van der Waals surface area contributed by atoms with E-state index in [-0.39, 0.29) is 0 Å². The van der Waals surface area contributed by atoms with E-state index in [1.165, 1.54) is 0 Å². The Kier molecular flexibility index (Phi) is 6.84. The lowest BCUT2D eigenvalue weighted by molar-refractivity contribution is 0.180. The Morgan fingerprint density at radius 3 is 2.76 bits per heavy atom. The van der Waals surface area contributed by atoms with Crippen molar-refractivity contribution in [3.05, 3.63) is 16.0 Å². The zero-order valence-corrected chi connectivity index (χ0v) is 12.8. The number of thioether (sulfide) groups is 1. The van der Waals surface area contributed by atoms with Gasteiger partial charge in [-0.2, -0.15) is 11.8 Å². The van der Waals surface area contributed by atoms with E-state index >= 15 is 0 Å². The fourth-order valence-electron chi connectivity index (χ4n) is 1.33. The van der Waals surface area contributed by atoms with Crippen LogP contribution >= 0.6 is 27.7 Å². The summed E-state index contributed by atoms with van der Waals surface area (Å²) in [5.41, 5.74) is 0.894. The molecule has 0 bridgehead atoms. The summed E-state index contributed by atoms with van der Waals surface area (Å²) in [7, 11) is 1.67. The molecule has 1 heterocycles. The van der Waals surface area contributed by atoms with Crippen molar-refractivity contribution in [3.63, 3.8) is 0 Å². The van der Waals surface area contributed by atoms with Gasteiger partial charge in [-0.05, 0) is 28.6 Å². The Hall–Kier alpha value is -0.330. The second-order valence-electron chi connectivity index (χ2n) is 3.54. The van der Waals surface area contributed by atoms with Crippen molar-refractivity contribution in [1.29, 1.82) is 0 Å². The minimum atomic E-state index is 0.491. The SMILES string of the molecule is CCCNc1nc(CSC)nc(COC)c1Br. The Bertz CT molecular complexity index is 363. The summed E-state index contributed by atoms with van der Waals surface area (Å²) in [4.78, 5) is 8.97. The molecule has 0 aromatic carbocycles. The van der Waals surface area contributed by atoms with Crippen LogP contribution in [0.1, 0.15) is 24.9 Å². The smallest absolute Gasteiger partial charge is 0.144 e. The lowest BCUT2D eigenvalue weighted by Gasteiger charge is -2.11. The summed E-state index contributed by atoms with van der Waals surface area (Å²) in [5.74, 6) is 2.51. The molecule has 0 aliphatic heterocycles. The van der Waals surface area contributed by atoms with E-state index in [1.807, 2.05) is 6.26 Å². The van der Waals surface area contributed by atoms with Crippen LogP contribution < -0.4 is 5.32 Å². The van der Waals surface area contributed by atoms with Crippen molar-refractivity contribution < 1.29 is 4.74 Å². The monoisotopic (exact) mass is 319 g/mol. The summed E-state index contributed by atoms with van der Waals surface area (Å²) in [6.45, 7) is 3.52. The quantitative estimate of drug-likeness (QED) is 0.837. The van der Waals surface area contributed by atoms with Gasteiger partial charge in [0.15, 0.2) is 0 Å². The van der Waals surface area contributed by atoms with Crippen molar-refractivity contribution in [2.24, 2.45) is 0 Å². The minimum Gasteiger partial charge on any atom is -0.378 e. The highest BCUT2D eigenvalue weighted by Crippen LogP contribution is 2.25. The summed E-state index contributed by atoms with van der Waals surface area (Å²) in [6, 6.07) is 0. The van der Waals surface area contributed by atoms with Gasteiger partial charge >= 0.3 is 0 Å². The molecule has 6 heteroatoms. The molecule has 1 aromatic rings. The molecule has 4 nitrogen and oxygen atoms in total. The predicted octanol–water partition coefficient (Wildman–Crippen LogP) is 3.07. The van der Waals surface area contributed by atoms with Crippen LogP contribution in [0.4, 0.5) is 5.82 Å². The Morgan fingerprint density at radius 2 is 2.18 bits per heavy atom. The molecule has 0 saturated carbocycles. The average molecular weight is 320 g/mol. The minimum absolute atomic E-state index is 0.491. The normalized spacial score (nSPS) is 10.6. The van der Waals surface area contributed by atoms with Gasteiger partial charge in [-0.1, -0.05) is 6.92 Å². The second kappa shape index (κ2) is 7.89. The van der Waals surface area contributed by atoms with Crippen molar-refractivity contribution >= 4 is 33.5 Å². The molecule has 0 spiro atoms. The number of nitrogens with zero attached hydrogens (tertiary/aromatic N) is 2. The van der Waals surface area contributed by atoms with E-state index < -0.39 is 0 Å². The van der Waals surface area contributed by atoms with Gasteiger partial charge in [0.05, 0.1) is 22.5 Å². The third-order valence-electron chi connectivity index (χ3n) is 2.06. The molecule has 96 valence electrons. The number of rotatable bonds is 7. The molecule has 0 aliphatic rings. The van der Waals surface area contributed by atoms with Crippen molar-refractivity contribution in [2.45, 2.75) is 25.7 Å². The van der Waals surface area contributed by atoms with E-state index in [9.17, 15) is 0 Å². The lowest BCUT2D eigenvalue weighted by Crippen LogP contribution is -2.09. The molecule has 0 radical (unpaired) electrons. The highest BCUT2D eigenvalue weighted by atomic mass is 79.9. The fraction of sp³-hybridized carbons (Fsp3) is 0.636. The molecule has 0 saturated heterocycles. The van der Waals surface area contributed by atoms with Crippen LogP contribution in [0.25, 0.3) is 0 Å². The van der Waals surface area contributed by atoms with E-state index in [2.05, 4.69) is 38.1 Å². The van der Waals surface area contributed by atoms with Gasteiger partial charge in [0, 0.05) is 13.7 Å². The van der Waals surface area contributed by atoms with Gasteiger partial charge in [-0.15, -0.1) is 0 Å². The van der Waals surface area contributed by atoms with Gasteiger partial charge in [-0.25, -0.2) is 9.97 Å². The highest BCUT2D eigenvalue weighted by Gasteiger charge is 2.11. The first kappa shape index (κ1) is 14.7. The molecular formula is C11H18BrN3OS. The number of ether oxygens (including phenoxy) is 1. The fourth-order valence-corrected chi connectivity index (χ4v) is 2.15. The number of anilines is 1. The number of halogens is 1. The molecular weight excluding hydrogens is 302 g/mol. The summed E-state index contributed by atoms with van der Waals surface area (Å²) in [5, 5.41) is 3.30. The number of nitrogens with one attached hydrogen (secondary N) is 1. The number of hydrogen-bond acceptors (Lipinski definition) is 5. The number of methoxy groups -OCH3 is 1. The van der Waals surface area contributed by atoms with Crippen LogP contribution in [0, 0.1) is 0 Å². The molecule has 0 amide bonds. The van der Waals surface area contributed by atoms with Crippen LogP contribution in [-0.2, 0) is 17.1 Å². The van der Waals surface area contributed by atoms with Crippen molar-refractivity contribution in [1.82, 2.24) is 9.97 Å². The molecule has 0 unspecified atom stereocenters. The first-order valence-electron chi connectivity index (χ1n) is 5.50. The van der Waals surface area contributed by atoms with Crippen LogP contribution in [-0.4, -0.2) is 29.9 Å². The van der Waals surface area contributed by atoms with Gasteiger partial charge in [-0.3, -0.25) is 0 Å². The van der Waals surface area contributed by atoms with Crippen LogP contribution in [0.3, 0.4) is 0 Å². The maximum Gasteiger partial charge on any atom is 0.144 e. The van der Waals surface area contributed by atoms with Crippen LogP contribution in [0.2, 0.25) is 0 Å². The maximum atomic E-state index is 5.15. The second-order valence-corrected chi connectivity index (χ2v) is 5.20. The largest absolute Gasteiger partial charge is 0.378 e. The highest BCUT2D eigenvalue weighted by molar-refractivity contribution is 9.10.